The predicted octanol–water partition coefficient (Wildman–Crippen LogP) is 2.97. The quantitative estimate of drug-likeness (QED) is 0.887. The number of hydrogen-bond acceptors (Lipinski definition) is 5. The van der Waals surface area contributed by atoms with Gasteiger partial charge in [0.2, 0.25) is 0 Å². The van der Waals surface area contributed by atoms with Gasteiger partial charge in [0.25, 0.3) is 5.91 Å². The molecule has 2 aromatic rings. The largest absolute Gasteiger partial charge is 0.497 e. The van der Waals surface area contributed by atoms with E-state index in [2.05, 4.69) is 5.32 Å². The summed E-state index contributed by atoms with van der Waals surface area (Å²) in [4.78, 5) is 12.5. The fourth-order valence-corrected chi connectivity index (χ4v) is 2.07. The first-order chi connectivity index (χ1) is 11.1. The van der Waals surface area contributed by atoms with E-state index in [1.54, 1.807) is 50.6 Å². The maximum absolute atomic E-state index is 12.5. The second-order valence-corrected chi connectivity index (χ2v) is 4.62. The van der Waals surface area contributed by atoms with Gasteiger partial charge in [-0.2, -0.15) is 0 Å². The number of amides is 1. The van der Waals surface area contributed by atoms with Gasteiger partial charge < -0.3 is 24.3 Å². The van der Waals surface area contributed by atoms with Gasteiger partial charge in [-0.3, -0.25) is 4.79 Å². The van der Waals surface area contributed by atoms with Gasteiger partial charge in [-0.05, 0) is 18.2 Å². The number of carbonyl (C=O) groups is 1. The summed E-state index contributed by atoms with van der Waals surface area (Å²) in [7, 11) is 6.14. The SMILES string of the molecule is COc1cc(NC(=O)c2cc(OC)ccc2OC)cc(OC)c1. The summed E-state index contributed by atoms with van der Waals surface area (Å²) in [5, 5.41) is 2.80. The summed E-state index contributed by atoms with van der Waals surface area (Å²) in [5.41, 5.74) is 0.921. The Morgan fingerprint density at radius 2 is 1.39 bits per heavy atom. The Morgan fingerprint density at radius 1 is 0.783 bits per heavy atom. The Labute approximate surface area is 134 Å². The number of carbonyl (C=O) groups excluding carboxylic acids is 1. The fraction of sp³-hybridized carbons (Fsp3) is 0.235. The van der Waals surface area contributed by atoms with Crippen LogP contribution in [0.5, 0.6) is 23.0 Å². The van der Waals surface area contributed by atoms with E-state index in [1.165, 1.54) is 14.2 Å². The zero-order chi connectivity index (χ0) is 16.8. The van der Waals surface area contributed by atoms with Gasteiger partial charge >= 0.3 is 0 Å². The summed E-state index contributed by atoms with van der Waals surface area (Å²) >= 11 is 0. The average molecular weight is 317 g/mol. The molecule has 2 rings (SSSR count). The Bertz CT molecular complexity index is 677. The third kappa shape index (κ3) is 3.85. The topological polar surface area (TPSA) is 66.0 Å². The van der Waals surface area contributed by atoms with E-state index in [0.29, 0.717) is 34.2 Å². The molecule has 0 radical (unpaired) electrons. The summed E-state index contributed by atoms with van der Waals surface area (Å²) in [6.07, 6.45) is 0. The Kier molecular flexibility index (Phi) is 5.30. The van der Waals surface area contributed by atoms with E-state index in [4.69, 9.17) is 18.9 Å². The second-order valence-electron chi connectivity index (χ2n) is 4.62. The molecule has 6 nitrogen and oxygen atoms in total. The molecule has 0 saturated heterocycles. The number of nitrogens with one attached hydrogen (secondary N) is 1. The van der Waals surface area contributed by atoms with Crippen LogP contribution in [-0.2, 0) is 0 Å². The van der Waals surface area contributed by atoms with Crippen LogP contribution in [0.3, 0.4) is 0 Å². The molecule has 0 aliphatic heterocycles. The van der Waals surface area contributed by atoms with Crippen molar-refractivity contribution >= 4 is 11.6 Å². The number of methoxy groups -OCH3 is 4. The first-order valence-corrected chi connectivity index (χ1v) is 6.87. The van der Waals surface area contributed by atoms with Gasteiger partial charge in [0.05, 0.1) is 34.0 Å². The van der Waals surface area contributed by atoms with Crippen molar-refractivity contribution < 1.29 is 23.7 Å². The molecule has 122 valence electrons. The lowest BCUT2D eigenvalue weighted by molar-refractivity contribution is 0.102. The van der Waals surface area contributed by atoms with Crippen LogP contribution in [0.1, 0.15) is 10.4 Å². The summed E-state index contributed by atoms with van der Waals surface area (Å²) in [6.45, 7) is 0. The first kappa shape index (κ1) is 16.5. The summed E-state index contributed by atoms with van der Waals surface area (Å²) in [5.74, 6) is 1.86. The van der Waals surface area contributed by atoms with Gasteiger partial charge in [-0.15, -0.1) is 0 Å². The molecule has 0 fully saturated rings. The maximum Gasteiger partial charge on any atom is 0.259 e. The molecular formula is C17H19NO5. The molecule has 2 aromatic carbocycles. The number of anilines is 1. The maximum atomic E-state index is 12.5. The van der Waals surface area contributed by atoms with Gasteiger partial charge in [0.1, 0.15) is 23.0 Å². The molecule has 0 aliphatic rings. The molecule has 0 aliphatic carbocycles. The Hall–Kier alpha value is -2.89. The highest BCUT2D eigenvalue weighted by atomic mass is 16.5. The molecule has 0 aromatic heterocycles. The smallest absolute Gasteiger partial charge is 0.259 e. The Morgan fingerprint density at radius 3 is 1.91 bits per heavy atom. The van der Waals surface area contributed by atoms with Crippen LogP contribution in [0.4, 0.5) is 5.69 Å². The lowest BCUT2D eigenvalue weighted by Crippen LogP contribution is -2.13. The van der Waals surface area contributed by atoms with E-state index >= 15 is 0 Å². The molecule has 0 saturated carbocycles. The minimum absolute atomic E-state index is 0.323. The lowest BCUT2D eigenvalue weighted by atomic mass is 10.1. The number of ether oxygens (including phenoxy) is 4. The van der Waals surface area contributed by atoms with Crippen molar-refractivity contribution in [2.75, 3.05) is 33.8 Å². The molecule has 0 bridgehead atoms. The minimum Gasteiger partial charge on any atom is -0.497 e. The molecule has 0 atom stereocenters. The van der Waals surface area contributed by atoms with Crippen LogP contribution in [-0.4, -0.2) is 34.3 Å². The van der Waals surface area contributed by atoms with Crippen LogP contribution in [0.25, 0.3) is 0 Å². The van der Waals surface area contributed by atoms with Gasteiger partial charge in [-0.25, -0.2) is 0 Å². The van der Waals surface area contributed by atoms with Crippen molar-refractivity contribution in [2.45, 2.75) is 0 Å². The highest BCUT2D eigenvalue weighted by molar-refractivity contribution is 6.06. The predicted molar refractivity (Wildman–Crippen MR) is 87.0 cm³/mol. The number of benzene rings is 2. The van der Waals surface area contributed by atoms with E-state index in [0.717, 1.165) is 0 Å². The van der Waals surface area contributed by atoms with Crippen LogP contribution >= 0.6 is 0 Å². The molecular weight excluding hydrogens is 298 g/mol. The van der Waals surface area contributed by atoms with Crippen molar-refractivity contribution in [2.24, 2.45) is 0 Å². The van der Waals surface area contributed by atoms with Gasteiger partial charge in [0.15, 0.2) is 0 Å². The van der Waals surface area contributed by atoms with E-state index in [9.17, 15) is 4.79 Å². The first-order valence-electron chi connectivity index (χ1n) is 6.87. The van der Waals surface area contributed by atoms with E-state index in [1.807, 2.05) is 0 Å². The van der Waals surface area contributed by atoms with Crippen LogP contribution in [0.2, 0.25) is 0 Å². The summed E-state index contributed by atoms with van der Waals surface area (Å²) < 4.78 is 20.8. The van der Waals surface area contributed by atoms with Gasteiger partial charge in [-0.1, -0.05) is 0 Å². The second kappa shape index (κ2) is 7.40. The van der Waals surface area contributed by atoms with Crippen molar-refractivity contribution in [1.82, 2.24) is 0 Å². The highest BCUT2D eigenvalue weighted by Gasteiger charge is 2.15. The zero-order valence-electron chi connectivity index (χ0n) is 13.5. The molecule has 6 heteroatoms. The van der Waals surface area contributed by atoms with E-state index in [-0.39, 0.29) is 5.91 Å². The van der Waals surface area contributed by atoms with Crippen molar-refractivity contribution in [1.29, 1.82) is 0 Å². The van der Waals surface area contributed by atoms with Crippen molar-refractivity contribution in [3.8, 4) is 23.0 Å². The fourth-order valence-electron chi connectivity index (χ4n) is 2.07. The van der Waals surface area contributed by atoms with Gasteiger partial charge in [0, 0.05) is 23.9 Å². The lowest BCUT2D eigenvalue weighted by Gasteiger charge is -2.12. The summed E-state index contributed by atoms with van der Waals surface area (Å²) in [6, 6.07) is 10.2. The monoisotopic (exact) mass is 317 g/mol. The van der Waals surface area contributed by atoms with Crippen molar-refractivity contribution in [3.05, 3.63) is 42.0 Å². The normalized spacial score (nSPS) is 9.91. The van der Waals surface area contributed by atoms with Crippen LogP contribution in [0.15, 0.2) is 36.4 Å². The molecule has 0 heterocycles. The zero-order valence-corrected chi connectivity index (χ0v) is 13.5. The number of rotatable bonds is 6. The third-order valence-corrected chi connectivity index (χ3v) is 3.26. The van der Waals surface area contributed by atoms with Crippen molar-refractivity contribution in [3.63, 3.8) is 0 Å². The highest BCUT2D eigenvalue weighted by Crippen LogP contribution is 2.28. The molecule has 0 unspecified atom stereocenters. The molecule has 0 spiro atoms. The molecule has 23 heavy (non-hydrogen) atoms. The molecule has 1 amide bonds. The van der Waals surface area contributed by atoms with E-state index < -0.39 is 0 Å². The minimum atomic E-state index is -0.323. The standard InChI is InChI=1S/C17H19NO5/c1-20-12-5-6-16(23-4)15(10-12)17(19)18-11-7-13(21-2)9-14(8-11)22-3/h5-10H,1-4H3,(H,18,19). The van der Waals surface area contributed by atoms with Crippen LogP contribution in [0, 0.1) is 0 Å². The van der Waals surface area contributed by atoms with Crippen LogP contribution < -0.4 is 24.3 Å². The Balaban J connectivity index is 2.32. The number of hydrogen-bond donors (Lipinski definition) is 1. The average Bonchev–Trinajstić information content (AvgIpc) is 2.60. The third-order valence-electron chi connectivity index (χ3n) is 3.26. The molecule has 1 N–H and O–H groups in total.